The molecule has 1 N–H and O–H groups in total. The fraction of sp³-hybridized carbons (Fsp3) is 0.400. The lowest BCUT2D eigenvalue weighted by molar-refractivity contribution is -0.123. The van der Waals surface area contributed by atoms with Crippen molar-refractivity contribution in [2.45, 2.75) is 54.0 Å². The lowest BCUT2D eigenvalue weighted by Gasteiger charge is -2.35. The molecule has 1 unspecified atom stereocenters. The third-order valence-corrected chi connectivity index (χ3v) is 6.22. The molecule has 172 valence electrons. The van der Waals surface area contributed by atoms with Crippen LogP contribution in [0.25, 0.3) is 11.3 Å². The Morgan fingerprint density at radius 3 is 2.58 bits per heavy atom. The first-order valence-electron chi connectivity index (χ1n) is 11.1. The van der Waals surface area contributed by atoms with Crippen molar-refractivity contribution in [2.75, 3.05) is 16.8 Å². The minimum atomic E-state index is -0.508. The molecule has 4 rings (SSSR count). The number of aryl methyl sites for hydroxylation is 2. The molecule has 8 heteroatoms. The van der Waals surface area contributed by atoms with Gasteiger partial charge in [0, 0.05) is 48.1 Å². The molecule has 0 aromatic carbocycles. The molecule has 3 aromatic rings. The minimum Gasteiger partial charge on any atom is -0.349 e. The number of fused-ring (bicyclic) bond motifs is 1. The predicted octanol–water partition coefficient (Wildman–Crippen LogP) is 5.31. The van der Waals surface area contributed by atoms with E-state index >= 15 is 0 Å². The number of hydrogen-bond acceptors (Lipinski definition) is 6. The van der Waals surface area contributed by atoms with E-state index in [-0.39, 0.29) is 11.9 Å². The van der Waals surface area contributed by atoms with Crippen LogP contribution in [0, 0.1) is 19.3 Å². The minimum absolute atomic E-state index is 0.0229. The van der Waals surface area contributed by atoms with Crippen LogP contribution >= 0.6 is 11.6 Å². The maximum atomic E-state index is 12.3. The molecule has 1 atom stereocenters. The molecule has 0 aliphatic carbocycles. The topological polar surface area (TPSA) is 83.9 Å². The summed E-state index contributed by atoms with van der Waals surface area (Å²) in [7, 11) is 0. The number of anilines is 2. The van der Waals surface area contributed by atoms with Crippen LogP contribution in [0.4, 0.5) is 11.8 Å². The number of aromatic nitrogens is 4. The van der Waals surface area contributed by atoms with E-state index in [1.165, 1.54) is 0 Å². The monoisotopic (exact) mass is 464 g/mol. The van der Waals surface area contributed by atoms with E-state index < -0.39 is 5.41 Å². The third kappa shape index (κ3) is 4.69. The first kappa shape index (κ1) is 23.1. The first-order chi connectivity index (χ1) is 15.5. The van der Waals surface area contributed by atoms with Crippen molar-refractivity contribution in [3.05, 3.63) is 58.1 Å². The number of pyridine rings is 2. The van der Waals surface area contributed by atoms with Crippen LogP contribution < -0.4 is 10.2 Å². The highest BCUT2D eigenvalue weighted by Gasteiger charge is 2.28. The van der Waals surface area contributed by atoms with Gasteiger partial charge in [-0.2, -0.15) is 0 Å². The van der Waals surface area contributed by atoms with Crippen LogP contribution in [0.15, 0.2) is 30.7 Å². The third-order valence-electron chi connectivity index (χ3n) is 5.92. The zero-order valence-corrected chi connectivity index (χ0v) is 20.7. The lowest BCUT2D eigenvalue weighted by Crippen LogP contribution is -2.35. The van der Waals surface area contributed by atoms with Crippen molar-refractivity contribution in [1.29, 1.82) is 0 Å². The van der Waals surface area contributed by atoms with Gasteiger partial charge in [0.2, 0.25) is 11.9 Å². The SMILES string of the molecule is Cc1cnc(-c2cc(N3CCc4nc(NC(=O)C(C)(C)C)ncc4C3C)ncc2Cl)c(C)c1. The second kappa shape index (κ2) is 8.71. The van der Waals surface area contributed by atoms with Crippen LogP contribution in [0.1, 0.15) is 56.1 Å². The fourth-order valence-electron chi connectivity index (χ4n) is 3.99. The summed E-state index contributed by atoms with van der Waals surface area (Å²) in [6.07, 6.45) is 6.07. The number of nitrogens with one attached hydrogen (secondary N) is 1. The highest BCUT2D eigenvalue weighted by atomic mass is 35.5. The zero-order valence-electron chi connectivity index (χ0n) is 19.9. The number of carbonyl (C=O) groups excluding carboxylic acids is 1. The summed E-state index contributed by atoms with van der Waals surface area (Å²) < 4.78 is 0. The Morgan fingerprint density at radius 1 is 1.12 bits per heavy atom. The molecule has 1 amide bonds. The molecule has 0 saturated carbocycles. The van der Waals surface area contributed by atoms with Crippen molar-refractivity contribution in [1.82, 2.24) is 19.9 Å². The smallest absolute Gasteiger partial charge is 0.232 e. The number of amides is 1. The van der Waals surface area contributed by atoms with Crippen LogP contribution in [0.5, 0.6) is 0 Å². The Balaban J connectivity index is 1.62. The van der Waals surface area contributed by atoms with Gasteiger partial charge in [0.05, 0.1) is 22.5 Å². The number of nitrogens with zero attached hydrogens (tertiary/aromatic N) is 5. The van der Waals surface area contributed by atoms with Crippen molar-refractivity contribution in [3.63, 3.8) is 0 Å². The Hall–Kier alpha value is -3.06. The molecular weight excluding hydrogens is 436 g/mol. The molecule has 0 bridgehead atoms. The summed E-state index contributed by atoms with van der Waals surface area (Å²) in [5, 5.41) is 3.40. The Morgan fingerprint density at radius 2 is 1.88 bits per heavy atom. The zero-order chi connectivity index (χ0) is 23.9. The lowest BCUT2D eigenvalue weighted by atomic mass is 9.96. The van der Waals surface area contributed by atoms with Crippen LogP contribution in [-0.2, 0) is 11.2 Å². The van der Waals surface area contributed by atoms with Crippen LogP contribution in [0.3, 0.4) is 0 Å². The summed E-state index contributed by atoms with van der Waals surface area (Å²) in [5.41, 5.74) is 5.38. The van der Waals surface area contributed by atoms with Crippen molar-refractivity contribution >= 4 is 29.3 Å². The predicted molar refractivity (Wildman–Crippen MR) is 132 cm³/mol. The van der Waals surface area contributed by atoms with Gasteiger partial charge < -0.3 is 4.90 Å². The van der Waals surface area contributed by atoms with Gasteiger partial charge in [-0.3, -0.25) is 15.1 Å². The van der Waals surface area contributed by atoms with E-state index in [1.54, 1.807) is 12.4 Å². The largest absolute Gasteiger partial charge is 0.349 e. The summed E-state index contributed by atoms with van der Waals surface area (Å²) in [6.45, 7) is 12.5. The van der Waals surface area contributed by atoms with E-state index in [0.717, 1.165) is 52.4 Å². The highest BCUT2D eigenvalue weighted by molar-refractivity contribution is 6.33. The number of carbonyl (C=O) groups is 1. The van der Waals surface area contributed by atoms with Gasteiger partial charge in [-0.05, 0) is 38.0 Å². The summed E-state index contributed by atoms with van der Waals surface area (Å²) in [5.74, 6) is 1.08. The molecule has 0 saturated heterocycles. The first-order valence-corrected chi connectivity index (χ1v) is 11.5. The molecule has 1 aliphatic heterocycles. The number of halogens is 1. The molecule has 0 spiro atoms. The quantitative estimate of drug-likeness (QED) is 0.565. The van der Waals surface area contributed by atoms with Gasteiger partial charge in [0.25, 0.3) is 0 Å². The molecule has 7 nitrogen and oxygen atoms in total. The van der Waals surface area contributed by atoms with Crippen molar-refractivity contribution < 1.29 is 4.79 Å². The molecule has 0 fully saturated rings. The summed E-state index contributed by atoms with van der Waals surface area (Å²) in [6, 6.07) is 4.13. The summed E-state index contributed by atoms with van der Waals surface area (Å²) in [4.78, 5) is 32.8. The van der Waals surface area contributed by atoms with E-state index in [2.05, 4.69) is 43.1 Å². The second-order valence-corrected chi connectivity index (χ2v) is 10.0. The normalized spacial score (nSPS) is 15.8. The summed E-state index contributed by atoms with van der Waals surface area (Å²) >= 11 is 6.51. The van der Waals surface area contributed by atoms with Gasteiger partial charge in [-0.25, -0.2) is 15.0 Å². The Labute approximate surface area is 199 Å². The molecule has 33 heavy (non-hydrogen) atoms. The standard InChI is InChI=1S/C25H29ClN6O/c1-14-9-15(2)22(28-11-14)17-10-21(27-13-19(17)26)32-8-7-20-18(16(32)3)12-29-24(30-20)31-23(33)25(4,5)6/h9-13,16H,7-8H2,1-6H3,(H,29,30,31,33). The van der Waals surface area contributed by atoms with Crippen LogP contribution in [-0.4, -0.2) is 32.4 Å². The molecule has 4 heterocycles. The Kier molecular flexibility index (Phi) is 6.10. The molecule has 3 aromatic heterocycles. The fourth-order valence-corrected chi connectivity index (χ4v) is 4.18. The molecule has 0 radical (unpaired) electrons. The van der Waals surface area contributed by atoms with E-state index in [1.807, 2.05) is 46.9 Å². The Bertz CT molecular complexity index is 1220. The average molecular weight is 465 g/mol. The van der Waals surface area contributed by atoms with Gasteiger partial charge in [0.1, 0.15) is 5.82 Å². The highest BCUT2D eigenvalue weighted by Crippen LogP contribution is 2.36. The maximum absolute atomic E-state index is 12.3. The van der Waals surface area contributed by atoms with E-state index in [0.29, 0.717) is 11.0 Å². The maximum Gasteiger partial charge on any atom is 0.232 e. The van der Waals surface area contributed by atoms with Crippen molar-refractivity contribution in [2.24, 2.45) is 5.41 Å². The van der Waals surface area contributed by atoms with Crippen molar-refractivity contribution in [3.8, 4) is 11.3 Å². The number of hydrogen-bond donors (Lipinski definition) is 1. The van der Waals surface area contributed by atoms with Crippen LogP contribution in [0.2, 0.25) is 5.02 Å². The second-order valence-electron chi connectivity index (χ2n) is 9.62. The van der Waals surface area contributed by atoms with Gasteiger partial charge in [-0.15, -0.1) is 0 Å². The number of rotatable bonds is 3. The van der Waals surface area contributed by atoms with E-state index in [4.69, 9.17) is 11.6 Å². The van der Waals surface area contributed by atoms with Gasteiger partial charge >= 0.3 is 0 Å². The molecular formula is C25H29ClN6O. The average Bonchev–Trinajstić information content (AvgIpc) is 2.74. The van der Waals surface area contributed by atoms with Gasteiger partial charge in [0.15, 0.2) is 0 Å². The van der Waals surface area contributed by atoms with E-state index in [9.17, 15) is 4.79 Å². The van der Waals surface area contributed by atoms with Gasteiger partial charge in [-0.1, -0.05) is 38.4 Å². The molecule has 1 aliphatic rings.